The minimum absolute atomic E-state index is 0.121. The third-order valence-corrected chi connectivity index (χ3v) is 3.77. The quantitative estimate of drug-likeness (QED) is 0.528. The van der Waals surface area contributed by atoms with Crippen molar-refractivity contribution < 1.29 is 18.9 Å². The Morgan fingerprint density at radius 2 is 2.12 bits per heavy atom. The number of hydrogen-bond acceptors (Lipinski definition) is 6. The molecule has 1 heterocycles. The summed E-state index contributed by atoms with van der Waals surface area (Å²) in [5.41, 5.74) is 0.382. The average Bonchev–Trinajstić information content (AvgIpc) is 2.89. The van der Waals surface area contributed by atoms with Crippen LogP contribution in [0.4, 0.5) is 5.69 Å². The Bertz CT molecular complexity index is 884. The van der Waals surface area contributed by atoms with Gasteiger partial charge >= 0.3 is 5.76 Å². The van der Waals surface area contributed by atoms with E-state index >= 15 is 0 Å². The molecule has 0 fully saturated rings. The molecule has 0 unspecified atom stereocenters. The number of carbonyl (C=O) groups excluding carboxylic acids is 2. The number of aryl methyl sites for hydroxylation is 1. The molecular weight excluding hydrogens is 344 g/mol. The van der Waals surface area contributed by atoms with Crippen molar-refractivity contribution in [2.24, 2.45) is 0 Å². The van der Waals surface area contributed by atoms with Gasteiger partial charge in [-0.25, -0.2) is 4.79 Å². The van der Waals surface area contributed by atoms with E-state index in [0.29, 0.717) is 18.5 Å². The molecular formula is C16H20N4O6. The lowest BCUT2D eigenvalue weighted by Crippen LogP contribution is -2.44. The molecule has 0 radical (unpaired) electrons. The number of fused-ring (bicyclic) bond motifs is 1. The van der Waals surface area contributed by atoms with Crippen LogP contribution in [0.25, 0.3) is 11.1 Å². The molecule has 0 spiro atoms. The fourth-order valence-corrected chi connectivity index (χ4v) is 2.48. The van der Waals surface area contributed by atoms with Gasteiger partial charge in [0, 0.05) is 25.6 Å². The van der Waals surface area contributed by atoms with Crippen LogP contribution in [0.1, 0.15) is 26.7 Å². The van der Waals surface area contributed by atoms with E-state index in [9.17, 15) is 24.5 Å². The van der Waals surface area contributed by atoms with Crippen molar-refractivity contribution in [1.29, 1.82) is 0 Å². The molecule has 1 atom stereocenters. The van der Waals surface area contributed by atoms with Crippen LogP contribution < -0.4 is 16.4 Å². The summed E-state index contributed by atoms with van der Waals surface area (Å²) in [6, 6.07) is 3.28. The number of nitrogens with one attached hydrogen (secondary N) is 2. The summed E-state index contributed by atoms with van der Waals surface area (Å²) in [7, 11) is 0. The number of nitro groups is 1. The van der Waals surface area contributed by atoms with Crippen LogP contribution in [-0.4, -0.2) is 33.9 Å². The van der Waals surface area contributed by atoms with Crippen molar-refractivity contribution in [3.8, 4) is 0 Å². The number of aromatic nitrogens is 1. The summed E-state index contributed by atoms with van der Waals surface area (Å²) in [6.07, 6.45) is 0.468. The minimum Gasteiger partial charge on any atom is -0.407 e. The largest absolute Gasteiger partial charge is 0.419 e. The summed E-state index contributed by atoms with van der Waals surface area (Å²) < 4.78 is 6.34. The predicted octanol–water partition coefficient (Wildman–Crippen LogP) is 0.924. The molecule has 0 bridgehead atoms. The first-order valence-electron chi connectivity index (χ1n) is 8.18. The van der Waals surface area contributed by atoms with Gasteiger partial charge in [0.05, 0.1) is 16.5 Å². The highest BCUT2D eigenvalue weighted by atomic mass is 16.6. The first-order valence-corrected chi connectivity index (χ1v) is 8.18. The Kier molecular flexibility index (Phi) is 6.10. The van der Waals surface area contributed by atoms with Crippen molar-refractivity contribution in [2.45, 2.75) is 39.3 Å². The number of benzene rings is 1. The lowest BCUT2D eigenvalue weighted by molar-refractivity contribution is -0.384. The van der Waals surface area contributed by atoms with E-state index in [1.165, 1.54) is 22.8 Å². The molecule has 2 aromatic rings. The SMILES string of the molecule is CCNC(=O)[C@H](C)NC(=O)CCCn1c(=O)oc2cc([N+](=O)[O-])ccc21. The fourth-order valence-electron chi connectivity index (χ4n) is 2.48. The zero-order valence-corrected chi connectivity index (χ0v) is 14.5. The second-order valence-corrected chi connectivity index (χ2v) is 5.72. The van der Waals surface area contributed by atoms with Crippen molar-refractivity contribution in [2.75, 3.05) is 6.54 Å². The lowest BCUT2D eigenvalue weighted by Gasteiger charge is -2.13. The molecule has 1 aromatic heterocycles. The molecule has 2 rings (SSSR count). The van der Waals surface area contributed by atoms with Gasteiger partial charge in [0.15, 0.2) is 5.58 Å². The summed E-state index contributed by atoms with van der Waals surface area (Å²) in [4.78, 5) is 45.6. The Balaban J connectivity index is 1.96. The number of nitrogens with zero attached hydrogens (tertiary/aromatic N) is 2. The number of non-ortho nitro benzene ring substituents is 1. The van der Waals surface area contributed by atoms with Crippen LogP contribution in [0.15, 0.2) is 27.4 Å². The molecule has 0 aliphatic carbocycles. The molecule has 140 valence electrons. The number of hydrogen-bond donors (Lipinski definition) is 2. The third-order valence-electron chi connectivity index (χ3n) is 3.77. The molecule has 0 saturated heterocycles. The van der Waals surface area contributed by atoms with Crippen molar-refractivity contribution >= 4 is 28.6 Å². The molecule has 0 saturated carbocycles. The van der Waals surface area contributed by atoms with E-state index in [2.05, 4.69) is 10.6 Å². The van der Waals surface area contributed by atoms with Gasteiger partial charge in [-0.05, 0) is 26.3 Å². The first kappa shape index (κ1) is 19.2. The van der Waals surface area contributed by atoms with Gasteiger partial charge < -0.3 is 15.1 Å². The van der Waals surface area contributed by atoms with Gasteiger partial charge in [-0.2, -0.15) is 0 Å². The predicted molar refractivity (Wildman–Crippen MR) is 92.7 cm³/mol. The van der Waals surface area contributed by atoms with Crippen molar-refractivity contribution in [3.63, 3.8) is 0 Å². The molecule has 0 aliphatic rings. The monoisotopic (exact) mass is 364 g/mol. The number of nitro benzene ring substituents is 1. The van der Waals surface area contributed by atoms with Gasteiger partial charge in [0.1, 0.15) is 6.04 Å². The fraction of sp³-hybridized carbons (Fsp3) is 0.438. The minimum atomic E-state index is -0.642. The van der Waals surface area contributed by atoms with Crippen LogP contribution in [0, 0.1) is 10.1 Å². The van der Waals surface area contributed by atoms with Crippen molar-refractivity contribution in [1.82, 2.24) is 15.2 Å². The normalized spacial score (nSPS) is 11.9. The Morgan fingerprint density at radius 3 is 2.77 bits per heavy atom. The number of amides is 2. The first-order chi connectivity index (χ1) is 12.3. The van der Waals surface area contributed by atoms with Gasteiger partial charge in [0.25, 0.3) is 5.69 Å². The van der Waals surface area contributed by atoms with Crippen LogP contribution in [0.5, 0.6) is 0 Å². The second-order valence-electron chi connectivity index (χ2n) is 5.72. The highest BCUT2D eigenvalue weighted by Gasteiger charge is 2.16. The summed E-state index contributed by atoms with van der Waals surface area (Å²) >= 11 is 0. The molecule has 1 aromatic carbocycles. The number of rotatable bonds is 8. The van der Waals surface area contributed by atoms with Gasteiger partial charge in [-0.3, -0.25) is 24.3 Å². The van der Waals surface area contributed by atoms with Gasteiger partial charge in [0.2, 0.25) is 11.8 Å². The Morgan fingerprint density at radius 1 is 1.38 bits per heavy atom. The topological polar surface area (TPSA) is 136 Å². The summed E-state index contributed by atoms with van der Waals surface area (Å²) in [5, 5.41) is 16.0. The maximum atomic E-state index is 11.9. The van der Waals surface area contributed by atoms with Crippen LogP contribution in [0.3, 0.4) is 0 Å². The van der Waals surface area contributed by atoms with Gasteiger partial charge in [-0.15, -0.1) is 0 Å². The molecule has 10 nitrogen and oxygen atoms in total. The highest BCUT2D eigenvalue weighted by molar-refractivity contribution is 5.87. The second kappa shape index (κ2) is 8.28. The lowest BCUT2D eigenvalue weighted by atomic mass is 10.2. The number of oxazole rings is 1. The van der Waals surface area contributed by atoms with Crippen LogP contribution in [-0.2, 0) is 16.1 Å². The Labute approximate surface area is 148 Å². The number of carbonyl (C=O) groups is 2. The summed E-state index contributed by atoms with van der Waals surface area (Å²) in [6.45, 7) is 4.07. The van der Waals surface area contributed by atoms with E-state index in [0.717, 1.165) is 0 Å². The van der Waals surface area contributed by atoms with E-state index < -0.39 is 16.7 Å². The molecule has 10 heteroatoms. The zero-order chi connectivity index (χ0) is 19.3. The van der Waals surface area contributed by atoms with E-state index in [4.69, 9.17) is 4.42 Å². The molecule has 2 amide bonds. The molecule has 2 N–H and O–H groups in total. The average molecular weight is 364 g/mol. The molecule has 26 heavy (non-hydrogen) atoms. The zero-order valence-electron chi connectivity index (χ0n) is 14.5. The van der Waals surface area contributed by atoms with E-state index in [1.807, 2.05) is 0 Å². The molecule has 0 aliphatic heterocycles. The van der Waals surface area contributed by atoms with E-state index in [1.54, 1.807) is 13.8 Å². The third kappa shape index (κ3) is 4.47. The van der Waals surface area contributed by atoms with Crippen LogP contribution >= 0.6 is 0 Å². The summed E-state index contributed by atoms with van der Waals surface area (Å²) in [5.74, 6) is -1.21. The van der Waals surface area contributed by atoms with Gasteiger partial charge in [-0.1, -0.05) is 0 Å². The van der Waals surface area contributed by atoms with Crippen molar-refractivity contribution in [3.05, 3.63) is 38.9 Å². The van der Waals surface area contributed by atoms with E-state index in [-0.39, 0.29) is 36.1 Å². The standard InChI is InChI=1S/C16H20N4O6/c1-3-17-15(22)10(2)18-14(21)5-4-8-19-12-7-6-11(20(24)25)9-13(12)26-16(19)23/h6-7,9-10H,3-5,8H2,1-2H3,(H,17,22)(H,18,21)/t10-/m0/s1. The maximum Gasteiger partial charge on any atom is 0.419 e. The maximum absolute atomic E-state index is 11.9. The van der Waals surface area contributed by atoms with Crippen LogP contribution in [0.2, 0.25) is 0 Å². The Hall–Kier alpha value is -3.17. The number of likely N-dealkylation sites (N-methyl/N-ethyl adjacent to an activating group) is 1. The highest BCUT2D eigenvalue weighted by Crippen LogP contribution is 2.20. The smallest absolute Gasteiger partial charge is 0.407 e.